The van der Waals surface area contributed by atoms with E-state index in [1.165, 1.54) is 43.9 Å². The van der Waals surface area contributed by atoms with Crippen LogP contribution in [0.25, 0.3) is 122 Å². The van der Waals surface area contributed by atoms with Gasteiger partial charge in [-0.2, -0.15) is 0 Å². The number of benzene rings is 10. The van der Waals surface area contributed by atoms with E-state index in [9.17, 15) is 0 Å². The summed E-state index contributed by atoms with van der Waals surface area (Å²) in [5.74, 6) is 0.646. The largest absolute Gasteiger partial charge is 0.309 e. The van der Waals surface area contributed by atoms with Gasteiger partial charge in [0.1, 0.15) is 0 Å². The summed E-state index contributed by atoms with van der Waals surface area (Å²) in [6.07, 6.45) is 0. The summed E-state index contributed by atoms with van der Waals surface area (Å²) in [6.45, 7) is 0. The highest BCUT2D eigenvalue weighted by Gasteiger charge is 2.21. The van der Waals surface area contributed by atoms with Gasteiger partial charge in [0.15, 0.2) is 0 Å². The summed E-state index contributed by atoms with van der Waals surface area (Å²) < 4.78 is 4.71. The number of hydrogen-bond acceptors (Lipinski definition) is 2. The minimum atomic E-state index is 0.646. The molecule has 64 heavy (non-hydrogen) atoms. The summed E-state index contributed by atoms with van der Waals surface area (Å²) in [7, 11) is 0. The monoisotopic (exact) mass is 814 g/mol. The molecule has 13 rings (SSSR count). The van der Waals surface area contributed by atoms with E-state index in [0.29, 0.717) is 5.95 Å². The molecule has 298 valence electrons. The normalized spacial score (nSPS) is 11.8. The van der Waals surface area contributed by atoms with Crippen LogP contribution in [0.15, 0.2) is 231 Å². The second kappa shape index (κ2) is 14.5. The predicted molar refractivity (Wildman–Crippen MR) is 267 cm³/mol. The van der Waals surface area contributed by atoms with E-state index in [1.54, 1.807) is 0 Å². The first kappa shape index (κ1) is 36.1. The van der Waals surface area contributed by atoms with Gasteiger partial charge in [-0.25, -0.2) is 9.97 Å². The lowest BCUT2D eigenvalue weighted by Gasteiger charge is -2.14. The van der Waals surface area contributed by atoms with Crippen molar-refractivity contribution in [2.24, 2.45) is 0 Å². The predicted octanol–water partition coefficient (Wildman–Crippen LogP) is 15.6. The van der Waals surface area contributed by atoms with Gasteiger partial charge >= 0.3 is 0 Å². The van der Waals surface area contributed by atoms with Gasteiger partial charge in [-0.1, -0.05) is 182 Å². The molecule has 13 aromatic rings. The zero-order valence-electron chi connectivity index (χ0n) is 34.7. The molecule has 4 nitrogen and oxygen atoms in total. The Morgan fingerprint density at radius 2 is 0.875 bits per heavy atom. The Morgan fingerprint density at radius 3 is 1.69 bits per heavy atom. The van der Waals surface area contributed by atoms with Crippen LogP contribution in [0, 0.1) is 0 Å². The van der Waals surface area contributed by atoms with Crippen LogP contribution < -0.4 is 0 Å². The van der Waals surface area contributed by atoms with E-state index in [1.807, 2.05) is 0 Å². The molecule has 0 aliphatic heterocycles. The maximum Gasteiger partial charge on any atom is 0.235 e. The molecule has 0 atom stereocenters. The maximum absolute atomic E-state index is 5.50. The SMILES string of the molecule is c1ccc(-c2cccc(-c3nc(-n4c5ccc(-c6ccc7c(c6)c6ccccc6n7-c6ccccc6-c6ccccc6)cc5c5ccc6ccccc6c54)nc4ccccc34)c2)cc1. The molecule has 0 fully saturated rings. The van der Waals surface area contributed by atoms with Crippen molar-refractivity contribution >= 4 is 65.3 Å². The number of para-hydroxylation sites is 3. The molecule has 0 saturated heterocycles. The van der Waals surface area contributed by atoms with Gasteiger partial charge in [0.05, 0.1) is 39.0 Å². The van der Waals surface area contributed by atoms with Gasteiger partial charge in [-0.05, 0) is 81.7 Å². The van der Waals surface area contributed by atoms with Crippen molar-refractivity contribution in [3.63, 3.8) is 0 Å². The van der Waals surface area contributed by atoms with Crippen molar-refractivity contribution in [3.8, 4) is 56.3 Å². The first-order valence-corrected chi connectivity index (χ1v) is 21.8. The van der Waals surface area contributed by atoms with Gasteiger partial charge in [0.25, 0.3) is 0 Å². The van der Waals surface area contributed by atoms with Gasteiger partial charge in [0, 0.05) is 43.4 Å². The van der Waals surface area contributed by atoms with E-state index >= 15 is 0 Å². The Labute approximate surface area is 369 Å². The summed E-state index contributed by atoms with van der Waals surface area (Å²) >= 11 is 0. The van der Waals surface area contributed by atoms with Crippen LogP contribution in [-0.2, 0) is 0 Å². The van der Waals surface area contributed by atoms with Gasteiger partial charge in [-0.3, -0.25) is 4.57 Å². The van der Waals surface area contributed by atoms with Crippen molar-refractivity contribution in [2.45, 2.75) is 0 Å². The second-order valence-electron chi connectivity index (χ2n) is 16.6. The Balaban J connectivity index is 1.02. The zero-order valence-corrected chi connectivity index (χ0v) is 34.7. The lowest BCUT2D eigenvalue weighted by molar-refractivity contribution is 1.02. The van der Waals surface area contributed by atoms with Crippen molar-refractivity contribution in [1.82, 2.24) is 19.1 Å². The van der Waals surface area contributed by atoms with Crippen LogP contribution in [-0.4, -0.2) is 19.1 Å². The van der Waals surface area contributed by atoms with Crippen molar-refractivity contribution in [1.29, 1.82) is 0 Å². The fourth-order valence-electron chi connectivity index (χ4n) is 9.97. The van der Waals surface area contributed by atoms with Crippen molar-refractivity contribution in [3.05, 3.63) is 231 Å². The Kier molecular flexibility index (Phi) is 8.18. The van der Waals surface area contributed by atoms with Crippen LogP contribution >= 0.6 is 0 Å². The van der Waals surface area contributed by atoms with Gasteiger partial charge in [0.2, 0.25) is 5.95 Å². The minimum absolute atomic E-state index is 0.646. The average molecular weight is 815 g/mol. The summed E-state index contributed by atoms with van der Waals surface area (Å²) in [6, 6.07) is 82.8. The number of rotatable bonds is 6. The van der Waals surface area contributed by atoms with Gasteiger partial charge < -0.3 is 4.57 Å². The van der Waals surface area contributed by atoms with Crippen LogP contribution in [0.4, 0.5) is 0 Å². The summed E-state index contributed by atoms with van der Waals surface area (Å²) in [5, 5.41) is 8.11. The van der Waals surface area contributed by atoms with Crippen molar-refractivity contribution < 1.29 is 0 Å². The molecule has 10 aromatic carbocycles. The molecule has 0 bridgehead atoms. The summed E-state index contributed by atoms with van der Waals surface area (Å²) in [5.41, 5.74) is 15.6. The third-order valence-corrected chi connectivity index (χ3v) is 12.9. The zero-order chi connectivity index (χ0) is 42.1. The Bertz CT molecular complexity index is 3950. The molecular formula is C60H38N4. The first-order valence-electron chi connectivity index (χ1n) is 21.8. The number of aromatic nitrogens is 4. The quantitative estimate of drug-likeness (QED) is 0.168. The number of hydrogen-bond donors (Lipinski definition) is 0. The van der Waals surface area contributed by atoms with E-state index in [0.717, 1.165) is 71.7 Å². The molecule has 3 heterocycles. The molecule has 0 saturated carbocycles. The topological polar surface area (TPSA) is 35.6 Å². The number of nitrogens with zero attached hydrogens (tertiary/aromatic N) is 4. The lowest BCUT2D eigenvalue weighted by atomic mass is 10.00. The molecule has 0 radical (unpaired) electrons. The fourth-order valence-corrected chi connectivity index (χ4v) is 9.97. The van der Waals surface area contributed by atoms with E-state index in [2.05, 4.69) is 240 Å². The number of fused-ring (bicyclic) bond motifs is 9. The van der Waals surface area contributed by atoms with Crippen LogP contribution in [0.1, 0.15) is 0 Å². The third kappa shape index (κ3) is 5.70. The maximum atomic E-state index is 5.50. The molecule has 0 N–H and O–H groups in total. The smallest absolute Gasteiger partial charge is 0.235 e. The molecule has 3 aromatic heterocycles. The van der Waals surface area contributed by atoms with E-state index in [4.69, 9.17) is 9.97 Å². The lowest BCUT2D eigenvalue weighted by Crippen LogP contribution is -2.03. The Hall–Kier alpha value is -8.60. The fraction of sp³-hybridized carbons (Fsp3) is 0. The van der Waals surface area contributed by atoms with E-state index < -0.39 is 0 Å². The molecule has 0 amide bonds. The molecule has 0 aliphatic rings. The highest BCUT2D eigenvalue weighted by atomic mass is 15.2. The highest BCUT2D eigenvalue weighted by molar-refractivity contribution is 6.19. The molecule has 0 aliphatic carbocycles. The third-order valence-electron chi connectivity index (χ3n) is 12.9. The highest BCUT2D eigenvalue weighted by Crippen LogP contribution is 2.42. The standard InChI is InChI=1S/C60H38N4/c1-3-16-39(17-4-1)42-21-15-22-45(36-42)58-50-26-9-12-27-53(50)61-60(62-58)64-57-35-32-44(38-52(57)49-33-30-41-20-7-8-24-47(41)59(49)64)43-31-34-56-51(37-43)48-25-11-14-29-55(48)63(56)54-28-13-10-23-46(54)40-18-5-2-6-19-40/h1-38H. The van der Waals surface area contributed by atoms with Crippen LogP contribution in [0.3, 0.4) is 0 Å². The minimum Gasteiger partial charge on any atom is -0.309 e. The molecule has 0 unspecified atom stereocenters. The van der Waals surface area contributed by atoms with Crippen LogP contribution in [0.5, 0.6) is 0 Å². The summed E-state index contributed by atoms with van der Waals surface area (Å²) in [4.78, 5) is 10.8. The van der Waals surface area contributed by atoms with Crippen LogP contribution in [0.2, 0.25) is 0 Å². The second-order valence-corrected chi connectivity index (χ2v) is 16.6. The Morgan fingerprint density at radius 1 is 0.297 bits per heavy atom. The molecule has 4 heteroatoms. The van der Waals surface area contributed by atoms with Crippen molar-refractivity contribution in [2.75, 3.05) is 0 Å². The average Bonchev–Trinajstić information content (AvgIpc) is 3.89. The first-order chi connectivity index (χ1) is 31.7. The molecule has 0 spiro atoms. The molecular weight excluding hydrogens is 777 g/mol. The van der Waals surface area contributed by atoms with Gasteiger partial charge in [-0.15, -0.1) is 0 Å². The van der Waals surface area contributed by atoms with E-state index in [-0.39, 0.29) is 0 Å².